The van der Waals surface area contributed by atoms with Crippen molar-refractivity contribution in [3.8, 4) is 11.5 Å². The average Bonchev–Trinajstić information content (AvgIpc) is 3.29. The zero-order valence-corrected chi connectivity index (χ0v) is 18.2. The van der Waals surface area contributed by atoms with Gasteiger partial charge in [-0.2, -0.15) is 0 Å². The number of nitrogens with one attached hydrogen (secondary N) is 1. The molecule has 4 rings (SSSR count). The normalized spacial score (nSPS) is 19.2. The summed E-state index contributed by atoms with van der Waals surface area (Å²) in [4.78, 5) is 2.30. The number of aliphatic hydroxyl groups is 1. The Morgan fingerprint density at radius 3 is 2.60 bits per heavy atom. The first-order valence-electron chi connectivity index (χ1n) is 11.1. The second-order valence-corrected chi connectivity index (χ2v) is 8.40. The van der Waals surface area contributed by atoms with Gasteiger partial charge < -0.3 is 29.5 Å². The minimum Gasteiger partial charge on any atom is -0.493 e. The number of anilines is 1. The maximum Gasteiger partial charge on any atom is 0.161 e. The van der Waals surface area contributed by atoms with Gasteiger partial charge in [0.25, 0.3) is 0 Å². The highest BCUT2D eigenvalue weighted by Gasteiger charge is 2.21. The number of ether oxygens (including phenoxy) is 3. The molecule has 164 valence electrons. The first kappa shape index (κ1) is 21.2. The van der Waals surface area contributed by atoms with Crippen molar-refractivity contribution in [3.05, 3.63) is 29.8 Å². The number of methoxy groups -OCH3 is 1. The summed E-state index contributed by atoms with van der Waals surface area (Å²) in [5, 5.41) is 16.0. The molecule has 1 atom stereocenters. The number of hydrogen-bond donors (Lipinski definition) is 2. The molecule has 2 aliphatic heterocycles. The van der Waals surface area contributed by atoms with Gasteiger partial charge in [0.1, 0.15) is 12.7 Å². The summed E-state index contributed by atoms with van der Waals surface area (Å²) in [7, 11) is 3.62. The van der Waals surface area contributed by atoms with Gasteiger partial charge in [0.15, 0.2) is 11.5 Å². The molecular formula is C24H34N2O4. The van der Waals surface area contributed by atoms with Crippen molar-refractivity contribution < 1.29 is 19.3 Å². The van der Waals surface area contributed by atoms with Gasteiger partial charge >= 0.3 is 0 Å². The molecule has 6 nitrogen and oxygen atoms in total. The van der Waals surface area contributed by atoms with Gasteiger partial charge in [-0.15, -0.1) is 0 Å². The Kier molecular flexibility index (Phi) is 6.97. The molecule has 0 bridgehead atoms. The quantitative estimate of drug-likeness (QED) is 0.688. The number of aliphatic hydroxyl groups excluding tert-OH is 1. The third kappa shape index (κ3) is 4.82. The fourth-order valence-electron chi connectivity index (χ4n) is 4.66. The second kappa shape index (κ2) is 9.86. The van der Waals surface area contributed by atoms with E-state index in [0.717, 1.165) is 50.2 Å². The molecule has 2 aliphatic rings. The molecule has 30 heavy (non-hydrogen) atoms. The molecule has 2 aromatic rings. The number of fused-ring (bicyclic) bond motifs is 1. The fourth-order valence-corrected chi connectivity index (χ4v) is 4.66. The largest absolute Gasteiger partial charge is 0.493 e. The highest BCUT2D eigenvalue weighted by atomic mass is 16.5. The predicted octanol–water partition coefficient (Wildman–Crippen LogP) is 3.62. The van der Waals surface area contributed by atoms with E-state index in [4.69, 9.17) is 14.2 Å². The van der Waals surface area contributed by atoms with Crippen molar-refractivity contribution in [1.29, 1.82) is 0 Å². The van der Waals surface area contributed by atoms with E-state index < -0.39 is 6.10 Å². The van der Waals surface area contributed by atoms with Gasteiger partial charge in [-0.1, -0.05) is 0 Å². The van der Waals surface area contributed by atoms with Gasteiger partial charge in [-0.05, 0) is 85.3 Å². The van der Waals surface area contributed by atoms with Crippen LogP contribution in [-0.2, 0) is 4.74 Å². The van der Waals surface area contributed by atoms with Crippen LogP contribution in [0.4, 0.5) is 5.69 Å². The zero-order chi connectivity index (χ0) is 20.9. The van der Waals surface area contributed by atoms with Crippen molar-refractivity contribution in [3.63, 3.8) is 0 Å². The lowest BCUT2D eigenvalue weighted by Crippen LogP contribution is -2.33. The summed E-state index contributed by atoms with van der Waals surface area (Å²) in [6, 6.07) is 8.52. The molecular weight excluding hydrogens is 380 g/mol. The smallest absolute Gasteiger partial charge is 0.161 e. The zero-order valence-electron chi connectivity index (χ0n) is 18.2. The first-order valence-corrected chi connectivity index (χ1v) is 11.1. The number of likely N-dealkylation sites (tertiary alicyclic amines) is 1. The highest BCUT2D eigenvalue weighted by molar-refractivity contribution is 5.92. The Balaban J connectivity index is 1.58. The van der Waals surface area contributed by atoms with E-state index in [9.17, 15) is 5.11 Å². The summed E-state index contributed by atoms with van der Waals surface area (Å²) in [6.45, 7) is 4.67. The SMILES string of the molecule is CNc1cc(C2CCOCC2)c2cc(OC)c(OC[C@@H](O)CN3CCCC3)cc2c1. The molecule has 0 radical (unpaired) electrons. The van der Waals surface area contributed by atoms with Crippen LogP contribution in [0.25, 0.3) is 10.8 Å². The maximum atomic E-state index is 10.4. The third-order valence-corrected chi connectivity index (χ3v) is 6.32. The van der Waals surface area contributed by atoms with E-state index >= 15 is 0 Å². The summed E-state index contributed by atoms with van der Waals surface area (Å²) in [5.74, 6) is 1.87. The van der Waals surface area contributed by atoms with Crippen LogP contribution >= 0.6 is 0 Å². The standard InChI is InChI=1S/C24H34N2O4/c1-25-19-11-18-12-24(30-16-20(27)15-26-7-3-4-8-26)23(28-2)14-22(18)21(13-19)17-5-9-29-10-6-17/h11-14,17,20,25,27H,3-10,15-16H2,1-2H3/t20-/m0/s1. The van der Waals surface area contributed by atoms with Crippen LogP contribution in [0.3, 0.4) is 0 Å². The maximum absolute atomic E-state index is 10.4. The Morgan fingerprint density at radius 1 is 1.13 bits per heavy atom. The lowest BCUT2D eigenvalue weighted by atomic mass is 9.87. The van der Waals surface area contributed by atoms with E-state index in [-0.39, 0.29) is 6.61 Å². The van der Waals surface area contributed by atoms with Crippen molar-refractivity contribution >= 4 is 16.5 Å². The molecule has 0 unspecified atom stereocenters. The van der Waals surface area contributed by atoms with E-state index in [2.05, 4.69) is 28.4 Å². The van der Waals surface area contributed by atoms with Crippen LogP contribution < -0.4 is 14.8 Å². The van der Waals surface area contributed by atoms with Gasteiger partial charge in [-0.3, -0.25) is 0 Å². The number of nitrogens with zero attached hydrogens (tertiary/aromatic N) is 1. The van der Waals surface area contributed by atoms with Crippen LogP contribution in [0.5, 0.6) is 11.5 Å². The Hall–Kier alpha value is -2.02. The van der Waals surface area contributed by atoms with E-state index in [1.807, 2.05) is 13.1 Å². The fraction of sp³-hybridized carbons (Fsp3) is 0.583. The van der Waals surface area contributed by atoms with Crippen molar-refractivity contribution in [2.45, 2.75) is 37.7 Å². The van der Waals surface area contributed by atoms with Gasteiger partial charge in [0, 0.05) is 32.5 Å². The van der Waals surface area contributed by atoms with E-state index in [1.165, 1.54) is 23.8 Å². The van der Waals surface area contributed by atoms with Gasteiger partial charge in [0.05, 0.1) is 7.11 Å². The first-order chi connectivity index (χ1) is 14.7. The van der Waals surface area contributed by atoms with Crippen LogP contribution in [0.15, 0.2) is 24.3 Å². The molecule has 0 spiro atoms. The Labute approximate surface area is 179 Å². The number of rotatable bonds is 8. The minimum atomic E-state index is -0.509. The van der Waals surface area contributed by atoms with Crippen LogP contribution in [0.1, 0.15) is 37.2 Å². The molecule has 2 heterocycles. The third-order valence-electron chi connectivity index (χ3n) is 6.32. The summed E-state index contributed by atoms with van der Waals surface area (Å²) in [6.07, 6.45) is 3.99. The summed E-state index contributed by atoms with van der Waals surface area (Å²) < 4.78 is 17.3. The van der Waals surface area contributed by atoms with Crippen LogP contribution in [-0.4, -0.2) is 69.7 Å². The molecule has 2 saturated heterocycles. The Morgan fingerprint density at radius 2 is 1.90 bits per heavy atom. The lowest BCUT2D eigenvalue weighted by Gasteiger charge is -2.25. The molecule has 2 fully saturated rings. The van der Waals surface area contributed by atoms with E-state index in [0.29, 0.717) is 24.0 Å². The highest BCUT2D eigenvalue weighted by Crippen LogP contribution is 2.40. The number of β-amino-alcohol motifs (C(OH)–C–C–N with tert-alkyl or cyclic N) is 1. The monoisotopic (exact) mass is 414 g/mol. The second-order valence-electron chi connectivity index (χ2n) is 8.40. The molecule has 0 aromatic heterocycles. The molecule has 0 amide bonds. The average molecular weight is 415 g/mol. The molecule has 0 aliphatic carbocycles. The molecule has 2 aromatic carbocycles. The minimum absolute atomic E-state index is 0.261. The van der Waals surface area contributed by atoms with Gasteiger partial charge in [-0.25, -0.2) is 0 Å². The number of benzene rings is 2. The van der Waals surface area contributed by atoms with Crippen molar-refractivity contribution in [2.75, 3.05) is 58.9 Å². The molecule has 2 N–H and O–H groups in total. The molecule has 6 heteroatoms. The molecule has 0 saturated carbocycles. The summed E-state index contributed by atoms with van der Waals surface area (Å²) in [5.41, 5.74) is 2.42. The van der Waals surface area contributed by atoms with Crippen LogP contribution in [0, 0.1) is 0 Å². The van der Waals surface area contributed by atoms with E-state index in [1.54, 1.807) is 7.11 Å². The Bertz CT molecular complexity index is 845. The van der Waals surface area contributed by atoms with Crippen molar-refractivity contribution in [2.24, 2.45) is 0 Å². The predicted molar refractivity (Wildman–Crippen MR) is 120 cm³/mol. The van der Waals surface area contributed by atoms with Crippen molar-refractivity contribution in [1.82, 2.24) is 4.90 Å². The van der Waals surface area contributed by atoms with Crippen LogP contribution in [0.2, 0.25) is 0 Å². The topological polar surface area (TPSA) is 63.2 Å². The van der Waals surface area contributed by atoms with Gasteiger partial charge in [0.2, 0.25) is 0 Å². The lowest BCUT2D eigenvalue weighted by molar-refractivity contribution is 0.0747. The summed E-state index contributed by atoms with van der Waals surface area (Å²) >= 11 is 0. The number of hydrogen-bond acceptors (Lipinski definition) is 6.